The fourth-order valence-corrected chi connectivity index (χ4v) is 10.6. The summed E-state index contributed by atoms with van der Waals surface area (Å²) in [4.78, 5) is 41.3. The van der Waals surface area contributed by atoms with Crippen molar-refractivity contribution in [3.05, 3.63) is 35.4 Å². The summed E-state index contributed by atoms with van der Waals surface area (Å²) in [5.41, 5.74) is 12.1. The SMILES string of the molecule is C[C@@H]1CC[C@@]23CCC(=O)[C@H]2[C@]1(C)[C@H](OC(=O)CSC1CCN(C(=O)CN)CC1)C[C@](C)(CNCc1ccc(CN)cc1)[C@@H](O)[C@@H]3C. The average molecular weight is 657 g/mol. The molecule has 1 amide bonds. The lowest BCUT2D eigenvalue weighted by molar-refractivity contribution is -0.210. The van der Waals surface area contributed by atoms with Gasteiger partial charge in [0.2, 0.25) is 5.91 Å². The van der Waals surface area contributed by atoms with E-state index in [4.69, 9.17) is 16.2 Å². The third kappa shape index (κ3) is 6.66. The van der Waals surface area contributed by atoms with Crippen LogP contribution in [0.3, 0.4) is 0 Å². The molecular weight excluding hydrogens is 600 g/mol. The van der Waals surface area contributed by atoms with Crippen molar-refractivity contribution in [2.24, 2.45) is 45.5 Å². The number of carbonyl (C=O) groups excluding carboxylic acids is 3. The fraction of sp³-hybridized carbons (Fsp3) is 0.750. The summed E-state index contributed by atoms with van der Waals surface area (Å²) in [6.07, 6.45) is 4.15. The van der Waals surface area contributed by atoms with Crippen LogP contribution >= 0.6 is 11.8 Å². The summed E-state index contributed by atoms with van der Waals surface area (Å²) in [7, 11) is 0. The zero-order chi connectivity index (χ0) is 33.3. The lowest BCUT2D eigenvalue weighted by Gasteiger charge is -2.62. The van der Waals surface area contributed by atoms with E-state index in [9.17, 15) is 19.5 Å². The van der Waals surface area contributed by atoms with Gasteiger partial charge in [-0.25, -0.2) is 0 Å². The summed E-state index contributed by atoms with van der Waals surface area (Å²) in [5, 5.41) is 16.1. The first kappa shape index (κ1) is 35.3. The van der Waals surface area contributed by atoms with E-state index >= 15 is 0 Å². The van der Waals surface area contributed by atoms with E-state index in [0.29, 0.717) is 45.6 Å². The number of likely N-dealkylation sites (tertiary alicyclic amines) is 1. The van der Waals surface area contributed by atoms with Crippen molar-refractivity contribution in [3.63, 3.8) is 0 Å². The predicted octanol–water partition coefficient (Wildman–Crippen LogP) is 3.64. The quantitative estimate of drug-likeness (QED) is 0.277. The van der Waals surface area contributed by atoms with Crippen molar-refractivity contribution in [2.45, 2.75) is 103 Å². The van der Waals surface area contributed by atoms with Crippen LogP contribution in [0.2, 0.25) is 0 Å². The number of ketones is 1. The number of aliphatic hydroxyl groups excluding tert-OH is 1. The Morgan fingerprint density at radius 2 is 1.74 bits per heavy atom. The number of amides is 1. The summed E-state index contributed by atoms with van der Waals surface area (Å²) in [6.45, 7) is 11.8. The van der Waals surface area contributed by atoms with E-state index in [1.807, 2.05) is 12.1 Å². The van der Waals surface area contributed by atoms with Crippen LogP contribution in [0, 0.1) is 34.0 Å². The molecule has 0 spiro atoms. The van der Waals surface area contributed by atoms with Gasteiger partial charge in [-0.2, -0.15) is 0 Å². The number of Topliss-reactive ketones (excluding diaryl/α,β-unsaturated/α-hetero) is 1. The van der Waals surface area contributed by atoms with Gasteiger partial charge < -0.3 is 31.5 Å². The number of rotatable bonds is 10. The van der Waals surface area contributed by atoms with Gasteiger partial charge in [-0.05, 0) is 66.9 Å². The molecule has 1 aromatic rings. The first-order valence-electron chi connectivity index (χ1n) is 17.4. The van der Waals surface area contributed by atoms with Crippen LogP contribution in [0.15, 0.2) is 24.3 Å². The first-order valence-corrected chi connectivity index (χ1v) is 18.4. The molecule has 1 saturated heterocycles. The van der Waals surface area contributed by atoms with Gasteiger partial charge in [0.15, 0.2) is 0 Å². The molecule has 6 N–H and O–H groups in total. The van der Waals surface area contributed by atoms with Gasteiger partial charge in [-0.1, -0.05) is 52.0 Å². The fourth-order valence-electron chi connectivity index (χ4n) is 9.60. The molecule has 3 aliphatic carbocycles. The van der Waals surface area contributed by atoms with Crippen LogP contribution in [-0.2, 0) is 32.2 Å². The van der Waals surface area contributed by atoms with Gasteiger partial charge in [-0.15, -0.1) is 11.8 Å². The molecule has 0 radical (unpaired) electrons. The second-order valence-corrected chi connectivity index (χ2v) is 16.5. The van der Waals surface area contributed by atoms with Crippen LogP contribution in [0.4, 0.5) is 0 Å². The van der Waals surface area contributed by atoms with Gasteiger partial charge in [-0.3, -0.25) is 14.4 Å². The Bertz CT molecular complexity index is 1260. The Morgan fingerprint density at radius 3 is 2.39 bits per heavy atom. The number of nitrogens with one attached hydrogen (secondary N) is 1. The number of piperidine rings is 1. The Morgan fingerprint density at radius 1 is 1.07 bits per heavy atom. The van der Waals surface area contributed by atoms with E-state index in [1.165, 1.54) is 0 Å². The maximum atomic E-state index is 13.8. The number of esters is 1. The molecule has 4 aliphatic rings. The number of hydrogen-bond acceptors (Lipinski definition) is 9. The number of nitrogens with two attached hydrogens (primary N) is 2. The van der Waals surface area contributed by atoms with E-state index < -0.39 is 23.0 Å². The maximum Gasteiger partial charge on any atom is 0.316 e. The Kier molecular flexibility index (Phi) is 10.9. The Labute approximate surface area is 279 Å². The third-order valence-corrected chi connectivity index (χ3v) is 14.0. The van der Waals surface area contributed by atoms with Crippen LogP contribution in [0.25, 0.3) is 0 Å². The molecular formula is C36H56N4O5S. The van der Waals surface area contributed by atoms with Gasteiger partial charge in [0, 0.05) is 61.1 Å². The van der Waals surface area contributed by atoms with E-state index in [1.54, 1.807) is 16.7 Å². The maximum absolute atomic E-state index is 13.8. The minimum atomic E-state index is -0.664. The number of benzene rings is 1. The summed E-state index contributed by atoms with van der Waals surface area (Å²) < 4.78 is 6.53. The summed E-state index contributed by atoms with van der Waals surface area (Å²) in [5.74, 6) is 0.111. The average Bonchev–Trinajstić information content (AvgIpc) is 3.42. The molecule has 2 bridgehead atoms. The molecule has 256 valence electrons. The van der Waals surface area contributed by atoms with Crippen molar-refractivity contribution in [1.29, 1.82) is 0 Å². The molecule has 8 atom stereocenters. The van der Waals surface area contributed by atoms with Crippen molar-refractivity contribution >= 4 is 29.4 Å². The molecule has 1 heterocycles. The zero-order valence-electron chi connectivity index (χ0n) is 28.3. The molecule has 0 aromatic heterocycles. The molecule has 1 aromatic carbocycles. The molecule has 46 heavy (non-hydrogen) atoms. The molecule has 5 rings (SSSR count). The summed E-state index contributed by atoms with van der Waals surface area (Å²) >= 11 is 1.60. The highest BCUT2D eigenvalue weighted by Crippen LogP contribution is 2.67. The number of carbonyl (C=O) groups is 3. The van der Waals surface area contributed by atoms with Crippen molar-refractivity contribution in [3.8, 4) is 0 Å². The number of nitrogens with zero attached hydrogens (tertiary/aromatic N) is 1. The summed E-state index contributed by atoms with van der Waals surface area (Å²) in [6, 6.07) is 8.25. The standard InChI is InChI=1S/C36H56N4O5S/c1-23-9-13-36-14-10-28(41)32(36)35(23,4)29(45-31(43)21-46-27-11-15-40(16-12-27)30(42)19-38)17-34(3,33(44)24(36)2)22-39-20-26-7-5-25(18-37)6-8-26/h5-8,23-24,27,29,32-33,39,44H,9-22,37-38H2,1-4H3/t23-,24+,29-,32+,33+,34-,35+,36+/m1/s1. The lowest BCUT2D eigenvalue weighted by atomic mass is 9.44. The second-order valence-electron chi connectivity index (χ2n) is 15.2. The monoisotopic (exact) mass is 656 g/mol. The minimum absolute atomic E-state index is 0.0251. The molecule has 4 fully saturated rings. The third-order valence-electron chi connectivity index (χ3n) is 12.7. The van der Waals surface area contributed by atoms with Crippen LogP contribution in [0.5, 0.6) is 0 Å². The lowest BCUT2D eigenvalue weighted by Crippen LogP contribution is -2.64. The number of aliphatic hydroxyl groups is 1. The van der Waals surface area contributed by atoms with Crippen molar-refractivity contribution < 1.29 is 24.2 Å². The number of hydrogen-bond donors (Lipinski definition) is 4. The first-order chi connectivity index (χ1) is 21.9. The van der Waals surface area contributed by atoms with Gasteiger partial charge in [0.1, 0.15) is 11.9 Å². The predicted molar refractivity (Wildman–Crippen MR) is 182 cm³/mol. The number of thioether (sulfide) groups is 1. The van der Waals surface area contributed by atoms with E-state index in [-0.39, 0.29) is 58.4 Å². The van der Waals surface area contributed by atoms with Gasteiger partial charge in [0.05, 0.1) is 18.4 Å². The zero-order valence-corrected chi connectivity index (χ0v) is 29.1. The molecule has 10 heteroatoms. The highest BCUT2D eigenvalue weighted by Gasteiger charge is 2.68. The van der Waals surface area contributed by atoms with Crippen molar-refractivity contribution in [2.75, 3.05) is 31.9 Å². The van der Waals surface area contributed by atoms with Crippen LogP contribution in [-0.4, -0.2) is 77.1 Å². The number of ether oxygens (including phenoxy) is 1. The molecule has 1 aliphatic heterocycles. The highest BCUT2D eigenvalue weighted by atomic mass is 32.2. The largest absolute Gasteiger partial charge is 0.461 e. The normalized spacial score (nSPS) is 36.5. The highest BCUT2D eigenvalue weighted by molar-refractivity contribution is 8.00. The Balaban J connectivity index is 1.36. The van der Waals surface area contributed by atoms with E-state index in [2.05, 4.69) is 45.1 Å². The molecule has 0 unspecified atom stereocenters. The Hall–Kier alpha value is -1.98. The van der Waals surface area contributed by atoms with Crippen LogP contribution in [0.1, 0.15) is 83.8 Å². The second kappa shape index (κ2) is 14.2. The van der Waals surface area contributed by atoms with Crippen molar-refractivity contribution in [1.82, 2.24) is 10.2 Å². The van der Waals surface area contributed by atoms with E-state index in [0.717, 1.165) is 43.2 Å². The van der Waals surface area contributed by atoms with Gasteiger partial charge in [0.25, 0.3) is 0 Å². The van der Waals surface area contributed by atoms with Gasteiger partial charge >= 0.3 is 5.97 Å². The molecule has 9 nitrogen and oxygen atoms in total. The smallest absolute Gasteiger partial charge is 0.316 e. The molecule has 3 saturated carbocycles. The van der Waals surface area contributed by atoms with Crippen LogP contribution < -0.4 is 16.8 Å². The topological polar surface area (TPSA) is 148 Å². The minimum Gasteiger partial charge on any atom is -0.461 e.